The Hall–Kier alpha value is -4.54. The fraction of sp³-hybridized carbons (Fsp3) is 0.100. The molecule has 0 saturated heterocycles. The minimum atomic E-state index is -0.580. The fourth-order valence-corrected chi connectivity index (χ4v) is 3.55. The number of non-ortho nitro benzene ring substituents is 2. The van der Waals surface area contributed by atoms with Crippen LogP contribution in [0.2, 0.25) is 0 Å². The van der Waals surface area contributed by atoms with Crippen molar-refractivity contribution >= 4 is 22.3 Å². The lowest BCUT2D eigenvalue weighted by Gasteiger charge is -2.10. The van der Waals surface area contributed by atoms with Gasteiger partial charge in [-0.05, 0) is 6.07 Å². The lowest BCUT2D eigenvalue weighted by molar-refractivity contribution is -0.385. The van der Waals surface area contributed by atoms with Crippen LogP contribution in [0.4, 0.5) is 11.4 Å². The van der Waals surface area contributed by atoms with E-state index in [4.69, 9.17) is 0 Å². The van der Waals surface area contributed by atoms with Crippen molar-refractivity contribution in [1.29, 1.82) is 0 Å². The number of nitro benzene ring substituents is 2. The van der Waals surface area contributed by atoms with Gasteiger partial charge < -0.3 is 4.57 Å². The monoisotopic (exact) mass is 421 g/mol. The van der Waals surface area contributed by atoms with Crippen LogP contribution in [0.3, 0.4) is 0 Å². The SMILES string of the molecule is Cn1c(=O)c2c(-c3cccc([N+](=O)[O-])c3)n(-c3cccc([N+](=O)[O-])c3)cc2n(C)c1=O. The number of aromatic nitrogens is 3. The highest BCUT2D eigenvalue weighted by atomic mass is 16.6. The Bertz CT molecular complexity index is 1510. The lowest BCUT2D eigenvalue weighted by atomic mass is 10.1. The Morgan fingerprint density at radius 2 is 1.45 bits per heavy atom. The van der Waals surface area contributed by atoms with Crippen molar-refractivity contribution in [3.8, 4) is 16.9 Å². The zero-order chi connectivity index (χ0) is 22.4. The van der Waals surface area contributed by atoms with Gasteiger partial charge in [0, 0.05) is 50.1 Å². The summed E-state index contributed by atoms with van der Waals surface area (Å²) in [5, 5.41) is 22.7. The third-order valence-corrected chi connectivity index (χ3v) is 5.09. The molecule has 11 nitrogen and oxygen atoms in total. The van der Waals surface area contributed by atoms with Crippen molar-refractivity contribution in [3.05, 3.63) is 95.8 Å². The van der Waals surface area contributed by atoms with Crippen LogP contribution in [0.5, 0.6) is 0 Å². The quantitative estimate of drug-likeness (QED) is 0.367. The predicted octanol–water partition coefficient (Wildman–Crippen LogP) is 2.51. The smallest absolute Gasteiger partial charge is 0.313 e. The van der Waals surface area contributed by atoms with Crippen LogP contribution in [0.25, 0.3) is 27.8 Å². The molecular formula is C20H15N5O6. The van der Waals surface area contributed by atoms with Gasteiger partial charge in [-0.1, -0.05) is 18.2 Å². The Morgan fingerprint density at radius 3 is 2.10 bits per heavy atom. The highest BCUT2D eigenvalue weighted by Gasteiger charge is 2.22. The van der Waals surface area contributed by atoms with Gasteiger partial charge in [0.25, 0.3) is 16.9 Å². The molecule has 2 aromatic heterocycles. The van der Waals surface area contributed by atoms with Gasteiger partial charge in [-0.2, -0.15) is 0 Å². The third kappa shape index (κ3) is 3.08. The molecule has 31 heavy (non-hydrogen) atoms. The molecule has 156 valence electrons. The van der Waals surface area contributed by atoms with Crippen molar-refractivity contribution in [2.45, 2.75) is 0 Å². The fourth-order valence-electron chi connectivity index (χ4n) is 3.55. The number of hydrogen-bond acceptors (Lipinski definition) is 6. The molecule has 2 aromatic carbocycles. The topological polar surface area (TPSA) is 135 Å². The van der Waals surface area contributed by atoms with Crippen LogP contribution in [0.15, 0.2) is 64.3 Å². The number of rotatable bonds is 4. The maximum Gasteiger partial charge on any atom is 0.330 e. The molecule has 0 fully saturated rings. The second-order valence-electron chi connectivity index (χ2n) is 6.90. The maximum atomic E-state index is 13.0. The van der Waals surface area contributed by atoms with Gasteiger partial charge in [0.1, 0.15) is 0 Å². The van der Waals surface area contributed by atoms with Gasteiger partial charge in [-0.15, -0.1) is 0 Å². The zero-order valence-corrected chi connectivity index (χ0v) is 16.4. The number of nitro groups is 2. The molecule has 0 aliphatic carbocycles. The summed E-state index contributed by atoms with van der Waals surface area (Å²) >= 11 is 0. The Kier molecular flexibility index (Phi) is 4.50. The average molecular weight is 421 g/mol. The van der Waals surface area contributed by atoms with Crippen LogP contribution >= 0.6 is 0 Å². The van der Waals surface area contributed by atoms with E-state index in [1.165, 1.54) is 65.8 Å². The number of nitrogens with zero attached hydrogens (tertiary/aromatic N) is 5. The minimum Gasteiger partial charge on any atom is -0.313 e. The van der Waals surface area contributed by atoms with Gasteiger partial charge in [-0.3, -0.25) is 34.2 Å². The van der Waals surface area contributed by atoms with E-state index in [1.807, 2.05) is 0 Å². The first kappa shape index (κ1) is 19.8. The van der Waals surface area contributed by atoms with Gasteiger partial charge in [0.05, 0.1) is 32.1 Å². The predicted molar refractivity (Wildman–Crippen MR) is 113 cm³/mol. The maximum absolute atomic E-state index is 13.0. The number of hydrogen-bond donors (Lipinski definition) is 0. The van der Waals surface area contributed by atoms with E-state index in [9.17, 15) is 29.8 Å². The Morgan fingerprint density at radius 1 is 0.839 bits per heavy atom. The van der Waals surface area contributed by atoms with Gasteiger partial charge >= 0.3 is 5.69 Å². The van der Waals surface area contributed by atoms with Crippen LogP contribution in [0.1, 0.15) is 0 Å². The molecule has 0 unspecified atom stereocenters. The highest BCUT2D eigenvalue weighted by Crippen LogP contribution is 2.33. The molecule has 0 atom stereocenters. The highest BCUT2D eigenvalue weighted by molar-refractivity contribution is 5.95. The Balaban J connectivity index is 2.18. The van der Waals surface area contributed by atoms with Crippen LogP contribution in [0, 0.1) is 20.2 Å². The second kappa shape index (κ2) is 7.06. The summed E-state index contributed by atoms with van der Waals surface area (Å²) in [6, 6.07) is 11.5. The van der Waals surface area contributed by atoms with E-state index < -0.39 is 21.1 Å². The molecule has 0 amide bonds. The molecular weight excluding hydrogens is 406 g/mol. The average Bonchev–Trinajstić information content (AvgIpc) is 3.17. The normalized spacial score (nSPS) is 11.0. The van der Waals surface area contributed by atoms with E-state index in [2.05, 4.69) is 0 Å². The summed E-state index contributed by atoms with van der Waals surface area (Å²) in [5.41, 5.74) is -0.173. The van der Waals surface area contributed by atoms with Gasteiger partial charge in [0.2, 0.25) is 0 Å². The first-order chi connectivity index (χ1) is 14.7. The molecule has 0 aliphatic heterocycles. The van der Waals surface area contributed by atoms with Crippen molar-refractivity contribution in [2.24, 2.45) is 14.1 Å². The van der Waals surface area contributed by atoms with Crippen molar-refractivity contribution in [2.75, 3.05) is 0 Å². The molecule has 0 saturated carbocycles. The van der Waals surface area contributed by atoms with Crippen molar-refractivity contribution in [1.82, 2.24) is 13.7 Å². The summed E-state index contributed by atoms with van der Waals surface area (Å²) in [4.78, 5) is 46.9. The molecule has 2 heterocycles. The summed E-state index contributed by atoms with van der Waals surface area (Å²) in [6.07, 6.45) is 1.52. The Labute approximate surface area is 173 Å². The van der Waals surface area contributed by atoms with E-state index in [1.54, 1.807) is 12.1 Å². The standard InChI is InChI=1S/C20H15N5O6/c1-21-16-11-23(13-6-4-8-15(10-13)25(30)31)18(17(16)19(26)22(2)20(21)27)12-5-3-7-14(9-12)24(28)29/h3-11H,1-2H3. The number of fused-ring (bicyclic) bond motifs is 1. The molecule has 11 heteroatoms. The lowest BCUT2D eigenvalue weighted by Crippen LogP contribution is -2.36. The third-order valence-electron chi connectivity index (χ3n) is 5.09. The largest absolute Gasteiger partial charge is 0.330 e. The van der Waals surface area contributed by atoms with E-state index in [0.717, 1.165) is 4.57 Å². The van der Waals surface area contributed by atoms with Crippen molar-refractivity contribution in [3.63, 3.8) is 0 Å². The van der Waals surface area contributed by atoms with Crippen LogP contribution in [-0.4, -0.2) is 23.5 Å². The van der Waals surface area contributed by atoms with E-state index in [-0.39, 0.29) is 22.5 Å². The number of aryl methyl sites for hydroxylation is 1. The molecule has 0 aliphatic rings. The van der Waals surface area contributed by atoms with Gasteiger partial charge in [-0.25, -0.2) is 4.79 Å². The molecule has 0 N–H and O–H groups in total. The first-order valence-electron chi connectivity index (χ1n) is 9.01. The van der Waals surface area contributed by atoms with Crippen LogP contribution < -0.4 is 11.2 Å². The summed E-state index contributed by atoms with van der Waals surface area (Å²) < 4.78 is 3.75. The summed E-state index contributed by atoms with van der Waals surface area (Å²) in [7, 11) is 2.84. The molecule has 4 aromatic rings. The molecule has 4 rings (SSSR count). The summed E-state index contributed by atoms with van der Waals surface area (Å²) in [5.74, 6) is 0. The van der Waals surface area contributed by atoms with E-state index in [0.29, 0.717) is 16.8 Å². The minimum absolute atomic E-state index is 0.164. The van der Waals surface area contributed by atoms with E-state index >= 15 is 0 Å². The summed E-state index contributed by atoms with van der Waals surface area (Å²) in [6.45, 7) is 0. The molecule has 0 radical (unpaired) electrons. The molecule has 0 spiro atoms. The first-order valence-corrected chi connectivity index (χ1v) is 9.01. The van der Waals surface area contributed by atoms with Gasteiger partial charge in [0.15, 0.2) is 0 Å². The molecule has 0 bridgehead atoms. The second-order valence-corrected chi connectivity index (χ2v) is 6.90. The zero-order valence-electron chi connectivity index (χ0n) is 16.4. The number of benzene rings is 2. The van der Waals surface area contributed by atoms with Crippen LogP contribution in [-0.2, 0) is 14.1 Å². The van der Waals surface area contributed by atoms with Crippen molar-refractivity contribution < 1.29 is 9.85 Å².